The molecule has 0 radical (unpaired) electrons. The van der Waals surface area contributed by atoms with E-state index >= 15 is 0 Å². The summed E-state index contributed by atoms with van der Waals surface area (Å²) in [6.45, 7) is 4.62. The maximum absolute atomic E-state index is 13.1. The normalized spacial score (nSPS) is 16.2. The number of aromatic nitrogens is 2. The van der Waals surface area contributed by atoms with Gasteiger partial charge in [0.1, 0.15) is 11.8 Å². The van der Waals surface area contributed by atoms with Crippen molar-refractivity contribution in [2.45, 2.75) is 29.7 Å². The molecule has 1 N–H and O–H groups in total. The first-order valence-corrected chi connectivity index (χ1v) is 12.2. The number of alkyl halides is 3. The van der Waals surface area contributed by atoms with E-state index in [2.05, 4.69) is 19.8 Å². The number of nitrogens with zero attached hydrogens (tertiary/aromatic N) is 5. The van der Waals surface area contributed by atoms with Crippen LogP contribution in [0.4, 0.5) is 18.9 Å². The van der Waals surface area contributed by atoms with Gasteiger partial charge >= 0.3 is 6.18 Å². The summed E-state index contributed by atoms with van der Waals surface area (Å²) < 4.78 is 65.5. The van der Waals surface area contributed by atoms with Crippen molar-refractivity contribution in [3.8, 4) is 6.07 Å². The smallest absolute Gasteiger partial charge is 0.369 e. The molecule has 8 nitrogen and oxygen atoms in total. The number of rotatable bonds is 6. The third-order valence-electron chi connectivity index (χ3n) is 5.54. The SMILES string of the molecule is C[C@@H](CC(=N)c1cc(C(F)(F)F)nc(C#N)n1)S(=O)(=O)c1ccc(N2CCN(C)CC2)cc1Cl. The van der Waals surface area contributed by atoms with E-state index in [1.807, 2.05) is 7.05 Å². The van der Waals surface area contributed by atoms with Gasteiger partial charge in [-0.15, -0.1) is 0 Å². The highest BCUT2D eigenvalue weighted by Gasteiger charge is 2.35. The van der Waals surface area contributed by atoms with Gasteiger partial charge in [0, 0.05) is 38.3 Å². The minimum atomic E-state index is -4.85. The van der Waals surface area contributed by atoms with Crippen LogP contribution in [0.2, 0.25) is 5.02 Å². The number of hydrogen-bond acceptors (Lipinski definition) is 8. The predicted molar refractivity (Wildman–Crippen MR) is 121 cm³/mol. The van der Waals surface area contributed by atoms with Crippen LogP contribution >= 0.6 is 11.6 Å². The summed E-state index contributed by atoms with van der Waals surface area (Å²) in [7, 11) is -1.99. The molecular weight excluding hydrogens is 493 g/mol. The maximum Gasteiger partial charge on any atom is 0.433 e. The lowest BCUT2D eigenvalue weighted by atomic mass is 10.1. The van der Waals surface area contributed by atoms with E-state index in [1.165, 1.54) is 19.1 Å². The van der Waals surface area contributed by atoms with Crippen LogP contribution in [-0.4, -0.2) is 67.5 Å². The monoisotopic (exact) mass is 514 g/mol. The third kappa shape index (κ3) is 5.65. The zero-order valence-corrected chi connectivity index (χ0v) is 20.0. The minimum absolute atomic E-state index is 0.0305. The van der Waals surface area contributed by atoms with E-state index < -0.39 is 50.6 Å². The molecule has 34 heavy (non-hydrogen) atoms. The van der Waals surface area contributed by atoms with Gasteiger partial charge in [0.2, 0.25) is 5.82 Å². The Balaban J connectivity index is 1.81. The zero-order chi connectivity index (χ0) is 25.3. The van der Waals surface area contributed by atoms with Crippen LogP contribution in [0.5, 0.6) is 0 Å². The molecule has 1 aromatic heterocycles. The maximum atomic E-state index is 13.1. The second-order valence-electron chi connectivity index (χ2n) is 8.01. The molecule has 3 rings (SSSR count). The lowest BCUT2D eigenvalue weighted by Crippen LogP contribution is -2.44. The highest BCUT2D eigenvalue weighted by Crippen LogP contribution is 2.32. The van der Waals surface area contributed by atoms with Gasteiger partial charge in [-0.25, -0.2) is 18.4 Å². The molecule has 0 saturated carbocycles. The first-order valence-electron chi connectivity index (χ1n) is 10.2. The Hall–Kier alpha value is -2.75. The largest absolute Gasteiger partial charge is 0.433 e. The Bertz CT molecular complexity index is 1240. The fourth-order valence-corrected chi connectivity index (χ4v) is 5.40. The summed E-state index contributed by atoms with van der Waals surface area (Å²) in [5.74, 6) is -0.757. The number of anilines is 1. The lowest BCUT2D eigenvalue weighted by molar-refractivity contribution is -0.141. The highest BCUT2D eigenvalue weighted by atomic mass is 35.5. The zero-order valence-electron chi connectivity index (χ0n) is 18.4. The van der Waals surface area contributed by atoms with E-state index in [0.29, 0.717) is 6.07 Å². The molecule has 1 aromatic carbocycles. The molecule has 0 aliphatic carbocycles. The quantitative estimate of drug-likeness (QED) is 0.588. The fourth-order valence-electron chi connectivity index (χ4n) is 3.50. The van der Waals surface area contributed by atoms with Crippen molar-refractivity contribution in [2.75, 3.05) is 38.1 Å². The molecule has 0 amide bonds. The third-order valence-corrected chi connectivity index (χ3v) is 8.16. The van der Waals surface area contributed by atoms with Gasteiger partial charge in [0.05, 0.1) is 26.6 Å². The first kappa shape index (κ1) is 25.9. The number of benzene rings is 1. The van der Waals surface area contributed by atoms with E-state index in [-0.39, 0.29) is 9.92 Å². The minimum Gasteiger partial charge on any atom is -0.369 e. The van der Waals surface area contributed by atoms with Gasteiger partial charge in [-0.1, -0.05) is 11.6 Å². The molecule has 1 fully saturated rings. The Labute approximate surface area is 200 Å². The number of nitriles is 1. The van der Waals surface area contributed by atoms with Crippen molar-refractivity contribution >= 4 is 32.8 Å². The second-order valence-corrected chi connectivity index (χ2v) is 10.8. The summed E-state index contributed by atoms with van der Waals surface area (Å²) in [4.78, 5) is 10.9. The van der Waals surface area contributed by atoms with Crippen LogP contribution in [0.1, 0.15) is 30.6 Å². The van der Waals surface area contributed by atoms with Crippen molar-refractivity contribution in [3.63, 3.8) is 0 Å². The topological polar surface area (TPSA) is 114 Å². The average molecular weight is 515 g/mol. The number of sulfone groups is 1. The average Bonchev–Trinajstić information content (AvgIpc) is 2.78. The molecular formula is C21H22ClF3N6O2S. The number of halogens is 4. The molecule has 0 bridgehead atoms. The lowest BCUT2D eigenvalue weighted by Gasteiger charge is -2.34. The van der Waals surface area contributed by atoms with Crippen LogP contribution in [0.25, 0.3) is 0 Å². The van der Waals surface area contributed by atoms with Gasteiger partial charge in [-0.05, 0) is 38.2 Å². The van der Waals surface area contributed by atoms with Crippen molar-refractivity contribution in [3.05, 3.63) is 46.5 Å². The number of nitrogens with one attached hydrogen (secondary N) is 1. The second kappa shape index (κ2) is 9.85. The van der Waals surface area contributed by atoms with Crippen LogP contribution < -0.4 is 4.90 Å². The highest BCUT2D eigenvalue weighted by molar-refractivity contribution is 7.92. The van der Waals surface area contributed by atoms with Gasteiger partial charge in [0.15, 0.2) is 9.84 Å². The van der Waals surface area contributed by atoms with Crippen LogP contribution in [0.3, 0.4) is 0 Å². The van der Waals surface area contributed by atoms with Gasteiger partial charge in [-0.3, -0.25) is 0 Å². The van der Waals surface area contributed by atoms with Gasteiger partial charge in [0.25, 0.3) is 0 Å². The Kier molecular flexibility index (Phi) is 7.50. The summed E-state index contributed by atoms with van der Waals surface area (Å²) in [6.07, 6.45) is -5.28. The van der Waals surface area contributed by atoms with Gasteiger partial charge < -0.3 is 15.2 Å². The molecule has 13 heteroatoms. The van der Waals surface area contributed by atoms with Crippen LogP contribution in [-0.2, 0) is 16.0 Å². The molecule has 1 saturated heterocycles. The van der Waals surface area contributed by atoms with Crippen molar-refractivity contribution < 1.29 is 21.6 Å². The molecule has 1 atom stereocenters. The van der Waals surface area contributed by atoms with Crippen LogP contribution in [0, 0.1) is 16.7 Å². The van der Waals surface area contributed by atoms with E-state index in [0.717, 1.165) is 31.9 Å². The Morgan fingerprint density at radius 1 is 1.24 bits per heavy atom. The number of likely N-dealkylation sites (N-methyl/N-ethyl adjacent to an activating group) is 1. The molecule has 2 aromatic rings. The van der Waals surface area contributed by atoms with Crippen molar-refractivity contribution in [1.82, 2.24) is 14.9 Å². The molecule has 0 unspecified atom stereocenters. The summed E-state index contributed by atoms with van der Waals surface area (Å²) in [5.41, 5.74) is -1.51. The Morgan fingerprint density at radius 3 is 2.44 bits per heavy atom. The van der Waals surface area contributed by atoms with Crippen LogP contribution in [0.15, 0.2) is 29.2 Å². The first-order chi connectivity index (χ1) is 15.8. The van der Waals surface area contributed by atoms with Crippen molar-refractivity contribution in [1.29, 1.82) is 10.7 Å². The summed E-state index contributed by atoms with van der Waals surface area (Å²) in [6, 6.07) is 6.61. The fraction of sp³-hybridized carbons (Fsp3) is 0.429. The van der Waals surface area contributed by atoms with Crippen molar-refractivity contribution in [2.24, 2.45) is 0 Å². The predicted octanol–water partition coefficient (Wildman–Crippen LogP) is 3.39. The standard InChI is InChI=1S/C21H22ClF3N6O2S/c1-13(9-16(27)17-11-19(21(23,24)25)29-20(12-26)28-17)34(32,33)18-4-3-14(10-15(18)22)31-7-5-30(2)6-8-31/h3-4,10-11,13,27H,5-9H2,1-2H3/t13-/m0/s1. The number of piperazine rings is 1. The number of hydrogen-bond donors (Lipinski definition) is 1. The molecule has 2 heterocycles. The molecule has 182 valence electrons. The van der Waals surface area contributed by atoms with E-state index in [1.54, 1.807) is 12.1 Å². The van der Waals surface area contributed by atoms with E-state index in [4.69, 9.17) is 22.3 Å². The van der Waals surface area contributed by atoms with E-state index in [9.17, 15) is 21.6 Å². The summed E-state index contributed by atoms with van der Waals surface area (Å²) in [5, 5.41) is 15.9. The van der Waals surface area contributed by atoms with Gasteiger partial charge in [-0.2, -0.15) is 18.4 Å². The molecule has 1 aliphatic rings. The molecule has 1 aliphatic heterocycles. The molecule has 0 spiro atoms. The Morgan fingerprint density at radius 2 is 1.88 bits per heavy atom. The summed E-state index contributed by atoms with van der Waals surface area (Å²) >= 11 is 6.32.